The van der Waals surface area contributed by atoms with Gasteiger partial charge in [-0.3, -0.25) is 0 Å². The van der Waals surface area contributed by atoms with Crippen LogP contribution in [0.25, 0.3) is 0 Å². The molecule has 6 heteroatoms. The summed E-state index contributed by atoms with van der Waals surface area (Å²) in [5.41, 5.74) is 2.28. The van der Waals surface area contributed by atoms with Crippen molar-refractivity contribution in [1.29, 1.82) is 0 Å². The van der Waals surface area contributed by atoms with E-state index in [4.69, 9.17) is 14.2 Å². The SMILES string of the molecule is CC(C)(C)C(C)(C)Oc1ccsc1.CC(C)(C)OC(C)(C)c1ccsc1.COC(C)(C)C(C)(C)c1ccsc1. The molecule has 0 saturated heterocycles. The third kappa shape index (κ3) is 11.0. The van der Waals surface area contributed by atoms with Crippen molar-refractivity contribution < 1.29 is 14.2 Å². The zero-order chi connectivity index (χ0) is 30.3. The first-order valence-electron chi connectivity index (χ1n) is 13.6. The van der Waals surface area contributed by atoms with Gasteiger partial charge in [0.15, 0.2) is 0 Å². The molecule has 0 radical (unpaired) electrons. The van der Waals surface area contributed by atoms with Gasteiger partial charge in [-0.1, -0.05) is 34.6 Å². The molecule has 39 heavy (non-hydrogen) atoms. The van der Waals surface area contributed by atoms with Gasteiger partial charge >= 0.3 is 0 Å². The molecule has 3 rings (SSSR count). The Kier molecular flexibility index (Phi) is 12.6. The average Bonchev–Trinajstić information content (AvgIpc) is 3.55. The minimum absolute atomic E-state index is 0.0573. The van der Waals surface area contributed by atoms with Crippen LogP contribution in [0.15, 0.2) is 50.5 Å². The van der Waals surface area contributed by atoms with Gasteiger partial charge in [-0.2, -0.15) is 22.7 Å². The molecule has 3 heterocycles. The molecule has 0 bridgehead atoms. The summed E-state index contributed by atoms with van der Waals surface area (Å²) in [6.07, 6.45) is 0. The predicted octanol–water partition coefficient (Wildman–Crippen LogP) is 11.2. The van der Waals surface area contributed by atoms with E-state index in [1.54, 1.807) is 41.1 Å². The zero-order valence-corrected chi connectivity index (χ0v) is 29.6. The third-order valence-electron chi connectivity index (χ3n) is 7.71. The highest BCUT2D eigenvalue weighted by Crippen LogP contribution is 2.38. The highest BCUT2D eigenvalue weighted by Gasteiger charge is 2.38. The topological polar surface area (TPSA) is 27.7 Å². The molecule has 0 saturated carbocycles. The van der Waals surface area contributed by atoms with Gasteiger partial charge in [0.1, 0.15) is 11.4 Å². The molecule has 0 unspecified atom stereocenters. The molecule has 0 amide bonds. The van der Waals surface area contributed by atoms with Crippen molar-refractivity contribution in [3.05, 3.63) is 61.6 Å². The van der Waals surface area contributed by atoms with E-state index in [-0.39, 0.29) is 33.2 Å². The minimum atomic E-state index is -0.182. The number of hydrogen-bond donors (Lipinski definition) is 0. The Morgan fingerprint density at radius 2 is 1.03 bits per heavy atom. The molecule has 3 nitrogen and oxygen atoms in total. The monoisotopic (exact) mass is 594 g/mol. The molecular weight excluding hydrogens is 541 g/mol. The number of methoxy groups -OCH3 is 1. The van der Waals surface area contributed by atoms with Gasteiger partial charge in [-0.05, 0) is 119 Å². The summed E-state index contributed by atoms with van der Waals surface area (Å²) in [5.74, 6) is 0.977. The first-order chi connectivity index (χ1) is 17.6. The van der Waals surface area contributed by atoms with Crippen LogP contribution in [0.5, 0.6) is 5.75 Å². The molecule has 3 aromatic rings. The lowest BCUT2D eigenvalue weighted by Crippen LogP contribution is -2.43. The highest BCUT2D eigenvalue weighted by molar-refractivity contribution is 7.08. The second kappa shape index (κ2) is 13.7. The maximum atomic E-state index is 5.98. The van der Waals surface area contributed by atoms with Gasteiger partial charge < -0.3 is 14.2 Å². The molecule has 0 aliphatic rings. The van der Waals surface area contributed by atoms with Crippen molar-refractivity contribution in [2.45, 2.75) is 125 Å². The Morgan fingerprint density at radius 3 is 1.38 bits per heavy atom. The molecule has 0 aliphatic carbocycles. The van der Waals surface area contributed by atoms with Crippen molar-refractivity contribution >= 4 is 34.0 Å². The van der Waals surface area contributed by atoms with Crippen LogP contribution in [0.1, 0.15) is 108 Å². The largest absolute Gasteiger partial charge is 0.486 e. The zero-order valence-electron chi connectivity index (χ0n) is 27.1. The maximum absolute atomic E-state index is 5.98. The quantitative estimate of drug-likeness (QED) is 0.272. The fraction of sp³-hybridized carbons (Fsp3) is 0.636. The van der Waals surface area contributed by atoms with Gasteiger partial charge in [0.05, 0.1) is 16.8 Å². The van der Waals surface area contributed by atoms with Gasteiger partial charge in [-0.25, -0.2) is 0 Å². The Morgan fingerprint density at radius 1 is 0.564 bits per heavy atom. The van der Waals surface area contributed by atoms with E-state index in [9.17, 15) is 0 Å². The smallest absolute Gasteiger partial charge is 0.130 e. The van der Waals surface area contributed by atoms with Crippen molar-refractivity contribution in [3.8, 4) is 5.75 Å². The lowest BCUT2D eigenvalue weighted by Gasteiger charge is -2.40. The van der Waals surface area contributed by atoms with E-state index in [0.29, 0.717) is 0 Å². The van der Waals surface area contributed by atoms with Crippen LogP contribution in [0, 0.1) is 5.41 Å². The Hall–Kier alpha value is -1.18. The molecule has 0 spiro atoms. The van der Waals surface area contributed by atoms with Crippen molar-refractivity contribution in [1.82, 2.24) is 0 Å². The van der Waals surface area contributed by atoms with Crippen LogP contribution in [0.3, 0.4) is 0 Å². The number of thiophene rings is 3. The molecule has 0 aromatic carbocycles. The van der Waals surface area contributed by atoms with Crippen LogP contribution in [0.4, 0.5) is 0 Å². The predicted molar refractivity (Wildman–Crippen MR) is 175 cm³/mol. The van der Waals surface area contributed by atoms with E-state index in [2.05, 4.69) is 131 Å². The lowest BCUT2D eigenvalue weighted by molar-refractivity contribution is -0.117. The van der Waals surface area contributed by atoms with Crippen LogP contribution >= 0.6 is 34.0 Å². The normalized spacial score (nSPS) is 13.2. The number of rotatable bonds is 7. The van der Waals surface area contributed by atoms with E-state index in [1.165, 1.54) is 11.1 Å². The van der Waals surface area contributed by atoms with Gasteiger partial charge in [0, 0.05) is 23.3 Å². The molecule has 222 valence electrons. The first-order valence-corrected chi connectivity index (χ1v) is 16.4. The van der Waals surface area contributed by atoms with Crippen molar-refractivity contribution in [2.24, 2.45) is 5.41 Å². The van der Waals surface area contributed by atoms with E-state index >= 15 is 0 Å². The summed E-state index contributed by atoms with van der Waals surface area (Å²) < 4.78 is 17.4. The molecule has 0 N–H and O–H groups in total. The Balaban J connectivity index is 0.000000292. The van der Waals surface area contributed by atoms with E-state index < -0.39 is 0 Å². The second-order valence-electron chi connectivity index (χ2n) is 13.9. The number of hydrogen-bond acceptors (Lipinski definition) is 6. The number of ether oxygens (including phenoxy) is 3. The molecule has 0 atom stereocenters. The van der Waals surface area contributed by atoms with Crippen molar-refractivity contribution in [2.75, 3.05) is 7.11 Å². The van der Waals surface area contributed by atoms with Crippen LogP contribution < -0.4 is 4.74 Å². The molecule has 3 aromatic heterocycles. The van der Waals surface area contributed by atoms with Gasteiger partial charge in [0.2, 0.25) is 0 Å². The summed E-state index contributed by atoms with van der Waals surface area (Å²) in [7, 11) is 1.77. The summed E-state index contributed by atoms with van der Waals surface area (Å²) in [6, 6.07) is 6.31. The van der Waals surface area contributed by atoms with Gasteiger partial charge in [0.25, 0.3) is 0 Å². The van der Waals surface area contributed by atoms with Crippen molar-refractivity contribution in [3.63, 3.8) is 0 Å². The third-order valence-corrected chi connectivity index (χ3v) is 9.74. The molecule has 0 aliphatic heterocycles. The fourth-order valence-corrected chi connectivity index (χ4v) is 5.60. The van der Waals surface area contributed by atoms with Gasteiger partial charge in [-0.15, -0.1) is 11.3 Å². The Labute approximate surface area is 251 Å². The molecular formula is C33H54O3S3. The van der Waals surface area contributed by atoms with Crippen LogP contribution in [0.2, 0.25) is 0 Å². The maximum Gasteiger partial charge on any atom is 0.130 e. The summed E-state index contributed by atoms with van der Waals surface area (Å²) in [4.78, 5) is 0. The second-order valence-corrected chi connectivity index (χ2v) is 16.2. The van der Waals surface area contributed by atoms with Crippen LogP contribution in [-0.4, -0.2) is 23.9 Å². The Bertz CT molecular complexity index is 1040. The fourth-order valence-electron chi connectivity index (χ4n) is 3.41. The minimum Gasteiger partial charge on any atom is -0.486 e. The standard InChI is InChI=1S/3C11H18OS/c1-10(2,11(3,4)12-5)9-6-7-13-8-9;1-10(2,3)11(4,5)12-9-6-7-13-8-9;1-10(2,3)12-11(4,5)9-6-7-13-8-9/h3*6-8H,1-5H3. The lowest BCUT2D eigenvalue weighted by atomic mass is 9.73. The molecule has 0 fully saturated rings. The highest BCUT2D eigenvalue weighted by atomic mass is 32.1. The first kappa shape index (κ1) is 35.8. The van der Waals surface area contributed by atoms with E-state index in [0.717, 1.165) is 5.75 Å². The summed E-state index contributed by atoms with van der Waals surface area (Å²) >= 11 is 5.12. The summed E-state index contributed by atoms with van der Waals surface area (Å²) in [5, 5.41) is 12.6. The average molecular weight is 595 g/mol. The van der Waals surface area contributed by atoms with E-state index in [1.807, 2.05) is 16.8 Å². The van der Waals surface area contributed by atoms with Crippen LogP contribution in [-0.2, 0) is 20.5 Å². The summed E-state index contributed by atoms with van der Waals surface area (Å²) in [6.45, 7) is 30.0.